The Morgan fingerprint density at radius 1 is 1.04 bits per heavy atom. The minimum absolute atomic E-state index is 0.128. The molecule has 0 atom stereocenters. The molecule has 0 aromatic heterocycles. The van der Waals surface area contributed by atoms with Gasteiger partial charge in [-0.1, -0.05) is 54.4 Å². The SMILES string of the molecule is CCc1ccccc1NC(=O)CNC(=O)/C=C/c1c(Cl)cccc1Cl. The van der Waals surface area contributed by atoms with Gasteiger partial charge in [-0.25, -0.2) is 0 Å². The van der Waals surface area contributed by atoms with Gasteiger partial charge in [-0.3, -0.25) is 9.59 Å². The van der Waals surface area contributed by atoms with Crippen LogP contribution in [0.2, 0.25) is 10.0 Å². The van der Waals surface area contributed by atoms with Gasteiger partial charge in [0.25, 0.3) is 0 Å². The summed E-state index contributed by atoms with van der Waals surface area (Å²) >= 11 is 12.1. The number of hydrogen-bond acceptors (Lipinski definition) is 2. The van der Waals surface area contributed by atoms with Crippen LogP contribution in [0.25, 0.3) is 6.08 Å². The molecule has 2 aromatic rings. The van der Waals surface area contributed by atoms with Gasteiger partial charge in [0.2, 0.25) is 11.8 Å². The summed E-state index contributed by atoms with van der Waals surface area (Å²) in [6.07, 6.45) is 3.62. The van der Waals surface area contributed by atoms with E-state index in [4.69, 9.17) is 23.2 Å². The zero-order valence-electron chi connectivity index (χ0n) is 13.7. The van der Waals surface area contributed by atoms with Gasteiger partial charge in [0.15, 0.2) is 0 Å². The van der Waals surface area contributed by atoms with Gasteiger partial charge < -0.3 is 10.6 Å². The molecular formula is C19H18Cl2N2O2. The molecule has 0 fully saturated rings. The summed E-state index contributed by atoms with van der Waals surface area (Å²) < 4.78 is 0. The topological polar surface area (TPSA) is 58.2 Å². The molecule has 0 aliphatic rings. The first-order chi connectivity index (χ1) is 12.0. The lowest BCUT2D eigenvalue weighted by Gasteiger charge is -2.09. The van der Waals surface area contributed by atoms with Crippen LogP contribution in [-0.4, -0.2) is 18.4 Å². The Labute approximate surface area is 156 Å². The lowest BCUT2D eigenvalue weighted by molar-refractivity contribution is -0.121. The van der Waals surface area contributed by atoms with E-state index in [2.05, 4.69) is 10.6 Å². The Morgan fingerprint density at radius 2 is 1.72 bits per heavy atom. The molecular weight excluding hydrogens is 359 g/mol. The van der Waals surface area contributed by atoms with Gasteiger partial charge in [-0.2, -0.15) is 0 Å². The smallest absolute Gasteiger partial charge is 0.244 e. The van der Waals surface area contributed by atoms with Crippen LogP contribution >= 0.6 is 23.2 Å². The third-order valence-electron chi connectivity index (χ3n) is 3.50. The molecule has 6 heteroatoms. The molecule has 0 aliphatic carbocycles. The Bertz CT molecular complexity index is 784. The summed E-state index contributed by atoms with van der Waals surface area (Å²) in [7, 11) is 0. The minimum Gasteiger partial charge on any atom is -0.343 e. The molecule has 0 unspecified atom stereocenters. The average molecular weight is 377 g/mol. The van der Waals surface area contributed by atoms with Crippen LogP contribution in [0.1, 0.15) is 18.1 Å². The van der Waals surface area contributed by atoms with Crippen LogP contribution < -0.4 is 10.6 Å². The maximum absolute atomic E-state index is 12.0. The number of para-hydroxylation sites is 1. The van der Waals surface area contributed by atoms with E-state index in [0.717, 1.165) is 17.7 Å². The number of anilines is 1. The van der Waals surface area contributed by atoms with E-state index in [1.165, 1.54) is 12.2 Å². The highest BCUT2D eigenvalue weighted by molar-refractivity contribution is 6.37. The third kappa shape index (κ3) is 5.62. The van der Waals surface area contributed by atoms with E-state index in [9.17, 15) is 9.59 Å². The summed E-state index contributed by atoms with van der Waals surface area (Å²) in [5.41, 5.74) is 2.35. The van der Waals surface area contributed by atoms with Crippen molar-refractivity contribution in [3.8, 4) is 0 Å². The summed E-state index contributed by atoms with van der Waals surface area (Å²) in [6, 6.07) is 12.6. The highest BCUT2D eigenvalue weighted by Gasteiger charge is 2.07. The van der Waals surface area contributed by atoms with Crippen LogP contribution in [0, 0.1) is 0 Å². The molecule has 130 valence electrons. The average Bonchev–Trinajstić information content (AvgIpc) is 2.60. The zero-order chi connectivity index (χ0) is 18.2. The third-order valence-corrected chi connectivity index (χ3v) is 4.16. The van der Waals surface area contributed by atoms with E-state index >= 15 is 0 Å². The number of benzene rings is 2. The van der Waals surface area contributed by atoms with Gasteiger partial charge >= 0.3 is 0 Å². The lowest BCUT2D eigenvalue weighted by atomic mass is 10.1. The largest absolute Gasteiger partial charge is 0.343 e. The highest BCUT2D eigenvalue weighted by atomic mass is 35.5. The molecule has 25 heavy (non-hydrogen) atoms. The van der Waals surface area contributed by atoms with E-state index in [0.29, 0.717) is 15.6 Å². The second-order valence-electron chi connectivity index (χ2n) is 5.25. The van der Waals surface area contributed by atoms with Crippen molar-refractivity contribution in [2.45, 2.75) is 13.3 Å². The van der Waals surface area contributed by atoms with E-state index in [1.54, 1.807) is 18.2 Å². The first kappa shape index (κ1) is 19.0. The number of carbonyl (C=O) groups excluding carboxylic acids is 2. The van der Waals surface area contributed by atoms with E-state index < -0.39 is 5.91 Å². The maximum Gasteiger partial charge on any atom is 0.244 e. The van der Waals surface area contributed by atoms with Crippen LogP contribution in [0.3, 0.4) is 0 Å². The van der Waals surface area contributed by atoms with Crippen molar-refractivity contribution >= 4 is 46.8 Å². The molecule has 2 N–H and O–H groups in total. The van der Waals surface area contributed by atoms with Crippen LogP contribution in [0.4, 0.5) is 5.69 Å². The summed E-state index contributed by atoms with van der Waals surface area (Å²) in [4.78, 5) is 23.8. The molecule has 2 aromatic carbocycles. The number of amides is 2. The molecule has 0 bridgehead atoms. The van der Waals surface area contributed by atoms with Crippen molar-refractivity contribution in [3.63, 3.8) is 0 Å². The van der Waals surface area contributed by atoms with Crippen molar-refractivity contribution in [1.29, 1.82) is 0 Å². The second-order valence-corrected chi connectivity index (χ2v) is 6.06. The standard InChI is InChI=1S/C19H18Cl2N2O2/c1-2-13-6-3-4-9-17(13)23-19(25)12-22-18(24)11-10-14-15(20)7-5-8-16(14)21/h3-11H,2,12H2,1H3,(H,22,24)(H,23,25)/b11-10+. The fourth-order valence-corrected chi connectivity index (χ4v) is 2.72. The van der Waals surface area contributed by atoms with E-state index in [1.807, 2.05) is 31.2 Å². The first-order valence-electron chi connectivity index (χ1n) is 7.79. The van der Waals surface area contributed by atoms with Gasteiger partial charge in [0.05, 0.1) is 6.54 Å². The predicted octanol–water partition coefficient (Wildman–Crippen LogP) is 4.32. The fraction of sp³-hybridized carbons (Fsp3) is 0.158. The van der Waals surface area contributed by atoms with Crippen molar-refractivity contribution in [3.05, 3.63) is 69.7 Å². The number of aryl methyl sites for hydroxylation is 1. The number of halogens is 2. The summed E-state index contributed by atoms with van der Waals surface area (Å²) in [5.74, 6) is -0.701. The summed E-state index contributed by atoms with van der Waals surface area (Å²) in [5, 5.41) is 6.21. The predicted molar refractivity (Wildman–Crippen MR) is 103 cm³/mol. The Balaban J connectivity index is 1.89. The van der Waals surface area contributed by atoms with Crippen molar-refractivity contribution in [2.75, 3.05) is 11.9 Å². The quantitative estimate of drug-likeness (QED) is 0.737. The maximum atomic E-state index is 12.0. The molecule has 0 radical (unpaired) electrons. The number of nitrogens with one attached hydrogen (secondary N) is 2. The van der Waals surface area contributed by atoms with Gasteiger partial charge in [0, 0.05) is 27.4 Å². The summed E-state index contributed by atoms with van der Waals surface area (Å²) in [6.45, 7) is 1.88. The van der Waals surface area contributed by atoms with Crippen LogP contribution in [0.15, 0.2) is 48.5 Å². The molecule has 2 rings (SSSR count). The molecule has 0 aliphatic heterocycles. The Kier molecular flexibility index (Phi) is 7.04. The number of carbonyl (C=O) groups is 2. The Morgan fingerprint density at radius 3 is 2.40 bits per heavy atom. The molecule has 0 spiro atoms. The first-order valence-corrected chi connectivity index (χ1v) is 8.54. The van der Waals surface area contributed by atoms with E-state index in [-0.39, 0.29) is 12.5 Å². The second kappa shape index (κ2) is 9.25. The molecule has 0 saturated carbocycles. The zero-order valence-corrected chi connectivity index (χ0v) is 15.2. The highest BCUT2D eigenvalue weighted by Crippen LogP contribution is 2.25. The lowest BCUT2D eigenvalue weighted by Crippen LogP contribution is -2.31. The molecule has 0 heterocycles. The molecule has 2 amide bonds. The normalized spacial score (nSPS) is 10.7. The molecule has 0 saturated heterocycles. The van der Waals surface area contributed by atoms with Gasteiger partial charge in [-0.15, -0.1) is 0 Å². The minimum atomic E-state index is -0.407. The number of hydrogen-bond donors (Lipinski definition) is 2. The van der Waals surface area contributed by atoms with Gasteiger partial charge in [-0.05, 0) is 36.3 Å². The molecule has 4 nitrogen and oxygen atoms in total. The van der Waals surface area contributed by atoms with Crippen molar-refractivity contribution in [1.82, 2.24) is 5.32 Å². The van der Waals surface area contributed by atoms with Gasteiger partial charge in [0.1, 0.15) is 0 Å². The van der Waals surface area contributed by atoms with Crippen LogP contribution in [-0.2, 0) is 16.0 Å². The van der Waals surface area contributed by atoms with Crippen molar-refractivity contribution in [2.24, 2.45) is 0 Å². The fourth-order valence-electron chi connectivity index (χ4n) is 2.20. The Hall–Kier alpha value is -2.30. The van der Waals surface area contributed by atoms with Crippen molar-refractivity contribution < 1.29 is 9.59 Å². The monoisotopic (exact) mass is 376 g/mol. The number of rotatable bonds is 6. The van der Waals surface area contributed by atoms with Crippen LogP contribution in [0.5, 0.6) is 0 Å².